The van der Waals surface area contributed by atoms with Gasteiger partial charge in [0, 0.05) is 0 Å². The summed E-state index contributed by atoms with van der Waals surface area (Å²) < 4.78 is 0. The molecule has 1 aliphatic rings. The fraction of sp³-hybridized carbons (Fsp3) is 1.00. The summed E-state index contributed by atoms with van der Waals surface area (Å²) in [5.74, 6) is 0. The van der Waals surface area contributed by atoms with E-state index in [1.54, 1.807) is 0 Å². The van der Waals surface area contributed by atoms with Crippen LogP contribution in [0.4, 0.5) is 0 Å². The van der Waals surface area contributed by atoms with E-state index in [4.69, 9.17) is 26.8 Å². The summed E-state index contributed by atoms with van der Waals surface area (Å²) in [6, 6.07) is -0.160. The van der Waals surface area contributed by atoms with Crippen LogP contribution in [0.2, 0.25) is 0 Å². The summed E-state index contributed by atoms with van der Waals surface area (Å²) in [7, 11) is 0. The van der Waals surface area contributed by atoms with Crippen LogP contribution in [-0.2, 0) is 21.1 Å². The van der Waals surface area contributed by atoms with Gasteiger partial charge in [0.15, 0.2) is 0 Å². The van der Waals surface area contributed by atoms with Crippen LogP contribution < -0.4 is 0 Å². The molecule has 2 unspecified atom stereocenters. The van der Waals surface area contributed by atoms with Crippen molar-refractivity contribution in [2.24, 2.45) is 0 Å². The first-order chi connectivity index (χ1) is 5.54. The second-order valence-corrected chi connectivity index (χ2v) is 2.74. The van der Waals surface area contributed by atoms with Gasteiger partial charge in [-0.3, -0.25) is 0 Å². The third kappa shape index (κ3) is 11.8. The zero-order valence-electron chi connectivity index (χ0n) is 7.51. The molecule has 0 spiro atoms. The van der Waals surface area contributed by atoms with E-state index in [1.807, 2.05) is 0 Å². The van der Waals surface area contributed by atoms with Crippen LogP contribution in [0, 0.1) is 10.1 Å². The van der Waals surface area contributed by atoms with Crippen LogP contribution >= 0.6 is 0 Å². The molecule has 8 heteroatoms. The molecule has 0 amide bonds. The Bertz CT molecular complexity index is 135. The van der Waals surface area contributed by atoms with Crippen LogP contribution in [0.15, 0.2) is 0 Å². The third-order valence-corrected chi connectivity index (χ3v) is 1.77. The fourth-order valence-corrected chi connectivity index (χ4v) is 1.13. The minimum absolute atomic E-state index is 0. The molecule has 0 saturated heterocycles. The summed E-state index contributed by atoms with van der Waals surface area (Å²) in [5, 5.41) is 13.6. The smallest absolute Gasteiger partial charge is 0.676 e. The zero-order chi connectivity index (χ0) is 9.56. The Balaban J connectivity index is -0.000000180. The number of nitrogens with zero attached hydrogens (tertiary/aromatic N) is 1. The molecule has 0 radical (unpaired) electrons. The molecule has 1 rings (SSSR count). The maximum absolute atomic E-state index is 8.36. The topological polar surface area (TPSA) is 142 Å². The Kier molecular flexibility index (Phi) is 15.0. The van der Waals surface area contributed by atoms with E-state index in [9.17, 15) is 0 Å². The summed E-state index contributed by atoms with van der Waals surface area (Å²) in [6.45, 7) is 0. The van der Waals surface area contributed by atoms with Gasteiger partial charge in [-0.2, -0.15) is 12.1 Å². The van der Waals surface area contributed by atoms with Crippen molar-refractivity contribution in [3.05, 3.63) is 21.6 Å². The van der Waals surface area contributed by atoms with Gasteiger partial charge in [-0.05, 0) is 0 Å². The van der Waals surface area contributed by atoms with E-state index >= 15 is 0 Å². The molecule has 0 aromatic heterocycles. The van der Waals surface area contributed by atoms with Crippen molar-refractivity contribution in [1.29, 1.82) is 0 Å². The van der Waals surface area contributed by atoms with Gasteiger partial charge in [0.2, 0.25) is 0 Å². The maximum atomic E-state index is 8.36. The fourth-order valence-electron chi connectivity index (χ4n) is 1.13. The Morgan fingerprint density at radius 1 is 1.21 bits per heavy atom. The first-order valence-corrected chi connectivity index (χ1v) is 3.79. The molecule has 88 valence electrons. The molecule has 0 aliphatic heterocycles. The number of hydrogen-bond acceptors (Lipinski definition) is 2. The van der Waals surface area contributed by atoms with E-state index < -0.39 is 5.09 Å². The Labute approximate surface area is 96.5 Å². The van der Waals surface area contributed by atoms with Crippen molar-refractivity contribution < 1.29 is 36.8 Å². The minimum Gasteiger partial charge on any atom is -0.676 e. The van der Waals surface area contributed by atoms with Crippen LogP contribution in [0.25, 0.3) is 11.5 Å². The molecule has 1 aliphatic carbocycles. The molecule has 2 atom stereocenters. The first-order valence-electron chi connectivity index (χ1n) is 3.79. The number of hydrogen-bond donors (Lipinski definition) is 1. The summed E-state index contributed by atoms with van der Waals surface area (Å²) in [4.78, 5) is 8.36. The van der Waals surface area contributed by atoms with Gasteiger partial charge >= 0.3 is 21.1 Å². The quantitative estimate of drug-likeness (QED) is 0.492. The predicted molar refractivity (Wildman–Crippen MR) is 47.1 cm³/mol. The molecular formula is C6H15N3O4Pt. The van der Waals surface area contributed by atoms with Crippen molar-refractivity contribution in [3.63, 3.8) is 0 Å². The van der Waals surface area contributed by atoms with E-state index in [0.29, 0.717) is 0 Å². The largest absolute Gasteiger partial charge is 2.00 e. The van der Waals surface area contributed by atoms with Gasteiger partial charge in [0.25, 0.3) is 5.09 Å². The first kappa shape index (κ1) is 19.4. The third-order valence-electron chi connectivity index (χ3n) is 1.77. The summed E-state index contributed by atoms with van der Waals surface area (Å²) >= 11 is 0. The SMILES string of the molecule is O.O=[N+]([O-])O.[NH-]C1CCCCC1[NH-].[Pt+2]. The average molecular weight is 388 g/mol. The normalized spacial score (nSPS) is 24.4. The van der Waals surface area contributed by atoms with Crippen LogP contribution in [0.5, 0.6) is 0 Å². The molecule has 0 aromatic rings. The Hall–Kier alpha value is -0.232. The maximum Gasteiger partial charge on any atom is 2.00 e. The molecule has 0 aromatic carbocycles. The van der Waals surface area contributed by atoms with Gasteiger partial charge in [-0.15, -0.1) is 10.1 Å². The Morgan fingerprint density at radius 2 is 1.43 bits per heavy atom. The van der Waals surface area contributed by atoms with Gasteiger partial charge in [0.1, 0.15) is 0 Å². The standard InChI is InChI=1S/C6H12N2.HNO3.H2O.Pt/c7-5-3-1-2-4-6(5)8;2-1(3)4;;/h5-8H,1-4H2;(H,2,3,4);1H2;/q-2;;;+2. The van der Waals surface area contributed by atoms with Gasteiger partial charge in [-0.1, -0.05) is 25.7 Å². The zero-order valence-corrected chi connectivity index (χ0v) is 9.78. The minimum atomic E-state index is -1.50. The van der Waals surface area contributed by atoms with E-state index in [0.717, 1.165) is 12.8 Å². The van der Waals surface area contributed by atoms with Crippen molar-refractivity contribution in [2.75, 3.05) is 0 Å². The van der Waals surface area contributed by atoms with E-state index in [-0.39, 0.29) is 38.6 Å². The monoisotopic (exact) mass is 388 g/mol. The summed E-state index contributed by atoms with van der Waals surface area (Å²) in [6.07, 6.45) is 4.25. The van der Waals surface area contributed by atoms with Gasteiger partial charge < -0.3 is 22.2 Å². The molecular weight excluding hydrogens is 373 g/mol. The average Bonchev–Trinajstić information content (AvgIpc) is 1.94. The van der Waals surface area contributed by atoms with E-state index in [2.05, 4.69) is 0 Å². The molecule has 0 bridgehead atoms. The van der Waals surface area contributed by atoms with E-state index in [1.165, 1.54) is 12.8 Å². The molecule has 0 heterocycles. The Morgan fingerprint density at radius 3 is 1.57 bits per heavy atom. The van der Waals surface area contributed by atoms with Crippen molar-refractivity contribution >= 4 is 0 Å². The van der Waals surface area contributed by atoms with Crippen LogP contribution in [-0.4, -0.2) is 27.9 Å². The van der Waals surface area contributed by atoms with Crippen LogP contribution in [0.3, 0.4) is 0 Å². The molecule has 5 N–H and O–H groups in total. The number of rotatable bonds is 0. The van der Waals surface area contributed by atoms with Crippen molar-refractivity contribution in [1.82, 2.24) is 0 Å². The van der Waals surface area contributed by atoms with Crippen molar-refractivity contribution in [3.8, 4) is 0 Å². The number of nitrogens with one attached hydrogen (secondary N) is 2. The second kappa shape index (κ2) is 10.8. The molecule has 7 nitrogen and oxygen atoms in total. The molecule has 14 heavy (non-hydrogen) atoms. The second-order valence-electron chi connectivity index (χ2n) is 2.74. The molecule has 1 fully saturated rings. The summed E-state index contributed by atoms with van der Waals surface area (Å²) in [5.41, 5.74) is 14.6. The van der Waals surface area contributed by atoms with Crippen molar-refractivity contribution in [2.45, 2.75) is 37.8 Å². The molecule has 1 saturated carbocycles. The van der Waals surface area contributed by atoms with Gasteiger partial charge in [0.05, 0.1) is 0 Å². The predicted octanol–water partition coefficient (Wildman–Crippen LogP) is 1.23. The van der Waals surface area contributed by atoms with Crippen LogP contribution in [0.1, 0.15) is 25.7 Å². The van der Waals surface area contributed by atoms with Gasteiger partial charge in [-0.25, -0.2) is 0 Å².